The summed E-state index contributed by atoms with van der Waals surface area (Å²) in [4.78, 5) is 0. The second-order valence-electron chi connectivity index (χ2n) is 4.41. The van der Waals surface area contributed by atoms with Crippen LogP contribution in [0.4, 0.5) is 0 Å². The third-order valence-electron chi connectivity index (χ3n) is 3.35. The van der Waals surface area contributed by atoms with Gasteiger partial charge in [0, 0.05) is 6.04 Å². The molecule has 2 atom stereocenters. The van der Waals surface area contributed by atoms with Gasteiger partial charge in [-0.25, -0.2) is 0 Å². The first-order valence-corrected chi connectivity index (χ1v) is 5.53. The summed E-state index contributed by atoms with van der Waals surface area (Å²) in [5.74, 6) is 0.785. The van der Waals surface area contributed by atoms with Crippen LogP contribution in [0.15, 0.2) is 24.3 Å². The fraction of sp³-hybridized carbons (Fsp3) is 0.538. The first-order chi connectivity index (χ1) is 6.79. The molecule has 76 valence electrons. The zero-order chi connectivity index (χ0) is 9.97. The second kappa shape index (κ2) is 4.14. The van der Waals surface area contributed by atoms with Crippen LogP contribution >= 0.6 is 0 Å². The highest BCUT2D eigenvalue weighted by Gasteiger charge is 2.24. The number of rotatable bonds is 2. The van der Waals surface area contributed by atoms with Gasteiger partial charge >= 0.3 is 0 Å². The normalized spacial score (nSPS) is 26.7. The maximum absolute atomic E-state index is 3.38. The Morgan fingerprint density at radius 3 is 2.79 bits per heavy atom. The maximum Gasteiger partial charge on any atom is 0.00701 e. The minimum absolute atomic E-state index is 0.737. The van der Waals surface area contributed by atoms with Crippen LogP contribution in [0.3, 0.4) is 0 Å². The van der Waals surface area contributed by atoms with Gasteiger partial charge in [-0.15, -0.1) is 0 Å². The lowest BCUT2D eigenvalue weighted by Crippen LogP contribution is -2.21. The van der Waals surface area contributed by atoms with Gasteiger partial charge in [0.25, 0.3) is 0 Å². The highest BCUT2D eigenvalue weighted by atomic mass is 14.9. The molecule has 2 unspecified atom stereocenters. The molecule has 0 aliphatic heterocycles. The maximum atomic E-state index is 3.38. The molecule has 1 aliphatic carbocycles. The van der Waals surface area contributed by atoms with E-state index in [0.29, 0.717) is 0 Å². The van der Waals surface area contributed by atoms with Gasteiger partial charge in [0.15, 0.2) is 0 Å². The molecular formula is C13H19N. The molecular weight excluding hydrogens is 170 g/mol. The van der Waals surface area contributed by atoms with Gasteiger partial charge in [0.05, 0.1) is 0 Å². The van der Waals surface area contributed by atoms with E-state index in [0.717, 1.165) is 12.0 Å². The third-order valence-corrected chi connectivity index (χ3v) is 3.35. The van der Waals surface area contributed by atoms with Crippen molar-refractivity contribution in [1.82, 2.24) is 5.32 Å². The van der Waals surface area contributed by atoms with Gasteiger partial charge in [-0.05, 0) is 44.7 Å². The van der Waals surface area contributed by atoms with Crippen LogP contribution in [0.5, 0.6) is 0 Å². The Morgan fingerprint density at radius 1 is 1.29 bits per heavy atom. The molecule has 0 amide bonds. The van der Waals surface area contributed by atoms with Crippen molar-refractivity contribution in [2.75, 3.05) is 7.05 Å². The van der Waals surface area contributed by atoms with E-state index in [1.165, 1.54) is 30.4 Å². The number of benzene rings is 1. The predicted molar refractivity (Wildman–Crippen MR) is 60.6 cm³/mol. The van der Waals surface area contributed by atoms with Gasteiger partial charge in [-0.1, -0.05) is 29.8 Å². The summed E-state index contributed by atoms with van der Waals surface area (Å²) in [6, 6.07) is 9.70. The summed E-state index contributed by atoms with van der Waals surface area (Å²) in [6.07, 6.45) is 3.98. The third kappa shape index (κ3) is 1.98. The van der Waals surface area contributed by atoms with Crippen molar-refractivity contribution in [2.24, 2.45) is 0 Å². The molecule has 1 aromatic carbocycles. The van der Waals surface area contributed by atoms with Crippen LogP contribution in [-0.4, -0.2) is 13.1 Å². The molecule has 0 saturated heterocycles. The van der Waals surface area contributed by atoms with Crippen molar-refractivity contribution >= 4 is 0 Å². The molecule has 0 spiro atoms. The van der Waals surface area contributed by atoms with Gasteiger partial charge in [0.1, 0.15) is 0 Å². The number of aryl methyl sites for hydroxylation is 1. The average Bonchev–Trinajstić information content (AvgIpc) is 2.66. The van der Waals surface area contributed by atoms with Crippen LogP contribution in [0, 0.1) is 6.92 Å². The van der Waals surface area contributed by atoms with E-state index in [-0.39, 0.29) is 0 Å². The van der Waals surface area contributed by atoms with Crippen LogP contribution in [0.25, 0.3) is 0 Å². The molecule has 1 fully saturated rings. The highest BCUT2D eigenvalue weighted by Crippen LogP contribution is 2.34. The lowest BCUT2D eigenvalue weighted by Gasteiger charge is -2.11. The van der Waals surface area contributed by atoms with E-state index in [1.807, 2.05) is 0 Å². The molecule has 1 saturated carbocycles. The Bertz CT molecular complexity index is 306. The molecule has 1 heteroatoms. The zero-order valence-electron chi connectivity index (χ0n) is 9.09. The molecule has 1 aromatic rings. The van der Waals surface area contributed by atoms with E-state index in [4.69, 9.17) is 0 Å². The van der Waals surface area contributed by atoms with Crippen molar-refractivity contribution in [3.8, 4) is 0 Å². The van der Waals surface area contributed by atoms with Crippen LogP contribution < -0.4 is 5.32 Å². The minimum Gasteiger partial charge on any atom is -0.317 e. The summed E-state index contributed by atoms with van der Waals surface area (Å²) in [5, 5.41) is 3.38. The van der Waals surface area contributed by atoms with E-state index >= 15 is 0 Å². The van der Waals surface area contributed by atoms with Crippen molar-refractivity contribution in [2.45, 2.75) is 38.1 Å². The standard InChI is InChI=1S/C13H19N/c1-10-4-3-5-11(8-10)12-6-7-13(9-12)14-2/h3-5,8,12-14H,6-7,9H2,1-2H3. The predicted octanol–water partition coefficient (Wildman–Crippen LogP) is 2.85. The van der Waals surface area contributed by atoms with Crippen molar-refractivity contribution in [1.29, 1.82) is 0 Å². The SMILES string of the molecule is CNC1CCC(c2cccc(C)c2)C1. The van der Waals surface area contributed by atoms with E-state index in [2.05, 4.69) is 43.6 Å². The van der Waals surface area contributed by atoms with Crippen LogP contribution in [0.1, 0.15) is 36.3 Å². The Hall–Kier alpha value is -0.820. The lowest BCUT2D eigenvalue weighted by atomic mass is 9.96. The summed E-state index contributed by atoms with van der Waals surface area (Å²) >= 11 is 0. The molecule has 0 radical (unpaired) electrons. The van der Waals surface area contributed by atoms with Gasteiger partial charge in [-0.2, -0.15) is 0 Å². The number of nitrogens with one attached hydrogen (secondary N) is 1. The summed E-state index contributed by atoms with van der Waals surface area (Å²) < 4.78 is 0. The van der Waals surface area contributed by atoms with E-state index in [9.17, 15) is 0 Å². The van der Waals surface area contributed by atoms with Crippen molar-refractivity contribution in [3.63, 3.8) is 0 Å². The van der Waals surface area contributed by atoms with Gasteiger partial charge < -0.3 is 5.32 Å². The Morgan fingerprint density at radius 2 is 2.14 bits per heavy atom. The van der Waals surface area contributed by atoms with Crippen molar-refractivity contribution < 1.29 is 0 Å². The first-order valence-electron chi connectivity index (χ1n) is 5.53. The Kier molecular flexibility index (Phi) is 2.87. The molecule has 1 nitrogen and oxygen atoms in total. The highest BCUT2D eigenvalue weighted by molar-refractivity contribution is 5.26. The molecule has 1 aliphatic rings. The topological polar surface area (TPSA) is 12.0 Å². The average molecular weight is 189 g/mol. The first kappa shape index (κ1) is 9.72. The Labute approximate surface area is 86.5 Å². The molecule has 0 bridgehead atoms. The van der Waals surface area contributed by atoms with Gasteiger partial charge in [-0.3, -0.25) is 0 Å². The molecule has 1 N–H and O–H groups in total. The fourth-order valence-electron chi connectivity index (χ4n) is 2.47. The second-order valence-corrected chi connectivity index (χ2v) is 4.41. The number of hydrogen-bond acceptors (Lipinski definition) is 1. The van der Waals surface area contributed by atoms with Crippen molar-refractivity contribution in [3.05, 3.63) is 35.4 Å². The summed E-state index contributed by atoms with van der Waals surface area (Å²) in [5.41, 5.74) is 2.91. The molecule has 14 heavy (non-hydrogen) atoms. The largest absolute Gasteiger partial charge is 0.317 e. The smallest absolute Gasteiger partial charge is 0.00701 e. The zero-order valence-corrected chi connectivity index (χ0v) is 9.09. The van der Waals surface area contributed by atoms with Crippen LogP contribution in [0.2, 0.25) is 0 Å². The van der Waals surface area contributed by atoms with E-state index < -0.39 is 0 Å². The fourth-order valence-corrected chi connectivity index (χ4v) is 2.47. The molecule has 0 heterocycles. The lowest BCUT2D eigenvalue weighted by molar-refractivity contribution is 0.572. The Balaban J connectivity index is 2.09. The monoisotopic (exact) mass is 189 g/mol. The quantitative estimate of drug-likeness (QED) is 0.754. The van der Waals surface area contributed by atoms with Crippen LogP contribution in [-0.2, 0) is 0 Å². The summed E-state index contributed by atoms with van der Waals surface area (Å²) in [7, 11) is 2.07. The molecule has 2 rings (SSSR count). The van der Waals surface area contributed by atoms with E-state index in [1.54, 1.807) is 0 Å². The minimum atomic E-state index is 0.737. The molecule has 0 aromatic heterocycles. The summed E-state index contributed by atoms with van der Waals surface area (Å²) in [6.45, 7) is 2.17. The van der Waals surface area contributed by atoms with Gasteiger partial charge in [0.2, 0.25) is 0 Å². The number of hydrogen-bond donors (Lipinski definition) is 1.